The zero-order chi connectivity index (χ0) is 9.42. The van der Waals surface area contributed by atoms with Gasteiger partial charge in [-0.25, -0.2) is 0 Å². The molecule has 0 bridgehead atoms. The Bertz CT molecular complexity index is 429. The number of aliphatic hydroxyl groups is 1. The molecule has 1 N–H and O–H groups in total. The Morgan fingerprint density at radius 2 is 2.08 bits per heavy atom. The lowest BCUT2D eigenvalue weighted by Crippen LogP contribution is -1.83. The summed E-state index contributed by atoms with van der Waals surface area (Å²) in [6, 6.07) is 8.43. The summed E-state index contributed by atoms with van der Waals surface area (Å²) >= 11 is 1.66. The predicted molar refractivity (Wildman–Crippen MR) is 57.2 cm³/mol. The minimum Gasteiger partial charge on any atom is -0.388 e. The molecule has 0 amide bonds. The molecule has 1 aromatic heterocycles. The summed E-state index contributed by atoms with van der Waals surface area (Å²) in [7, 11) is 0. The summed E-state index contributed by atoms with van der Waals surface area (Å²) in [6.45, 7) is 3.89. The quantitative estimate of drug-likeness (QED) is 0.735. The summed E-state index contributed by atoms with van der Waals surface area (Å²) in [6.07, 6.45) is -0.349. The number of fused-ring (bicyclic) bond motifs is 1. The Balaban J connectivity index is 2.62. The highest BCUT2D eigenvalue weighted by atomic mass is 32.1. The molecule has 0 saturated carbocycles. The first kappa shape index (κ1) is 8.73. The first-order valence-electron chi connectivity index (χ1n) is 4.35. The largest absolute Gasteiger partial charge is 0.388 e. The van der Waals surface area contributed by atoms with Crippen molar-refractivity contribution in [3.63, 3.8) is 0 Å². The Kier molecular flexibility index (Phi) is 2.10. The molecule has 2 rings (SSSR count). The van der Waals surface area contributed by atoms with E-state index in [2.05, 4.69) is 31.2 Å². The second kappa shape index (κ2) is 3.13. The van der Waals surface area contributed by atoms with E-state index in [1.807, 2.05) is 0 Å². The van der Waals surface area contributed by atoms with Crippen molar-refractivity contribution in [1.82, 2.24) is 0 Å². The van der Waals surface area contributed by atoms with Crippen molar-refractivity contribution in [3.05, 3.63) is 34.7 Å². The van der Waals surface area contributed by atoms with Crippen LogP contribution in [-0.4, -0.2) is 5.11 Å². The Hall–Kier alpha value is -0.860. The van der Waals surface area contributed by atoms with Gasteiger partial charge in [0, 0.05) is 9.58 Å². The highest BCUT2D eigenvalue weighted by Gasteiger charge is 2.05. The third-order valence-electron chi connectivity index (χ3n) is 2.10. The first-order chi connectivity index (χ1) is 6.16. The van der Waals surface area contributed by atoms with Crippen LogP contribution in [0.1, 0.15) is 23.5 Å². The molecule has 0 aliphatic carbocycles. The topological polar surface area (TPSA) is 20.2 Å². The molecular formula is C11H12OS. The van der Waals surface area contributed by atoms with Crippen LogP contribution in [0.25, 0.3) is 10.1 Å². The van der Waals surface area contributed by atoms with E-state index in [-0.39, 0.29) is 6.10 Å². The molecule has 1 atom stereocenters. The minimum atomic E-state index is -0.349. The van der Waals surface area contributed by atoms with Crippen LogP contribution in [0.2, 0.25) is 0 Å². The highest BCUT2D eigenvalue weighted by Crippen LogP contribution is 2.30. The zero-order valence-electron chi connectivity index (χ0n) is 7.74. The molecule has 0 saturated heterocycles. The number of benzene rings is 1. The zero-order valence-corrected chi connectivity index (χ0v) is 8.56. The average molecular weight is 192 g/mol. The maximum Gasteiger partial charge on any atom is 0.0854 e. The van der Waals surface area contributed by atoms with Gasteiger partial charge in [-0.15, -0.1) is 11.3 Å². The molecule has 1 unspecified atom stereocenters. The highest BCUT2D eigenvalue weighted by molar-refractivity contribution is 7.19. The van der Waals surface area contributed by atoms with Crippen molar-refractivity contribution in [3.8, 4) is 0 Å². The van der Waals surface area contributed by atoms with Gasteiger partial charge in [0.05, 0.1) is 6.10 Å². The standard InChI is InChI=1S/C11H12OS/c1-7-3-4-10-9(5-7)6-11(13-10)8(2)12/h3-6,8,12H,1-2H3. The summed E-state index contributed by atoms with van der Waals surface area (Å²) in [5.74, 6) is 0. The number of aliphatic hydroxyl groups excluding tert-OH is 1. The van der Waals surface area contributed by atoms with Crippen LogP contribution in [0, 0.1) is 6.92 Å². The first-order valence-corrected chi connectivity index (χ1v) is 5.16. The molecular weight excluding hydrogens is 180 g/mol. The number of rotatable bonds is 1. The average Bonchev–Trinajstić information content (AvgIpc) is 2.46. The second-order valence-corrected chi connectivity index (χ2v) is 4.48. The Morgan fingerprint density at radius 1 is 1.31 bits per heavy atom. The van der Waals surface area contributed by atoms with Crippen LogP contribution in [-0.2, 0) is 0 Å². The van der Waals surface area contributed by atoms with Crippen molar-refractivity contribution in [2.75, 3.05) is 0 Å². The molecule has 0 aliphatic rings. The van der Waals surface area contributed by atoms with Gasteiger partial charge in [0.25, 0.3) is 0 Å². The lowest BCUT2D eigenvalue weighted by Gasteiger charge is -1.95. The van der Waals surface area contributed by atoms with Gasteiger partial charge >= 0.3 is 0 Å². The molecule has 2 aromatic rings. The molecule has 1 heterocycles. The van der Waals surface area contributed by atoms with Crippen molar-refractivity contribution in [2.24, 2.45) is 0 Å². The maximum atomic E-state index is 9.40. The lowest BCUT2D eigenvalue weighted by molar-refractivity contribution is 0.203. The van der Waals surface area contributed by atoms with Gasteiger partial charge in [0.1, 0.15) is 0 Å². The summed E-state index contributed by atoms with van der Waals surface area (Å²) in [5.41, 5.74) is 1.27. The fourth-order valence-electron chi connectivity index (χ4n) is 1.39. The number of thiophene rings is 1. The molecule has 2 heteroatoms. The van der Waals surface area contributed by atoms with Gasteiger partial charge in [-0.05, 0) is 31.4 Å². The Labute approximate surface area is 81.6 Å². The third kappa shape index (κ3) is 1.60. The second-order valence-electron chi connectivity index (χ2n) is 3.37. The van der Waals surface area contributed by atoms with E-state index in [1.165, 1.54) is 15.6 Å². The third-order valence-corrected chi connectivity index (χ3v) is 3.39. The monoisotopic (exact) mass is 192 g/mol. The van der Waals surface area contributed by atoms with Crippen LogP contribution in [0.3, 0.4) is 0 Å². The maximum absolute atomic E-state index is 9.40. The van der Waals surface area contributed by atoms with Crippen molar-refractivity contribution in [1.29, 1.82) is 0 Å². The van der Waals surface area contributed by atoms with Gasteiger partial charge in [0.2, 0.25) is 0 Å². The van der Waals surface area contributed by atoms with Crippen LogP contribution in [0.5, 0.6) is 0 Å². The SMILES string of the molecule is Cc1ccc2sc(C(C)O)cc2c1. The van der Waals surface area contributed by atoms with Gasteiger partial charge < -0.3 is 5.11 Å². The van der Waals surface area contributed by atoms with Gasteiger partial charge in [-0.2, -0.15) is 0 Å². The smallest absolute Gasteiger partial charge is 0.0854 e. The van der Waals surface area contributed by atoms with Crippen LogP contribution < -0.4 is 0 Å². The normalized spacial score (nSPS) is 13.5. The number of hydrogen-bond donors (Lipinski definition) is 1. The number of aryl methyl sites for hydroxylation is 1. The Morgan fingerprint density at radius 3 is 2.77 bits per heavy atom. The molecule has 0 radical (unpaired) electrons. The molecule has 1 aromatic carbocycles. The van der Waals surface area contributed by atoms with Crippen molar-refractivity contribution < 1.29 is 5.11 Å². The molecule has 0 fully saturated rings. The minimum absolute atomic E-state index is 0.349. The van der Waals surface area contributed by atoms with E-state index in [1.54, 1.807) is 18.3 Å². The fraction of sp³-hybridized carbons (Fsp3) is 0.273. The summed E-state index contributed by atoms with van der Waals surface area (Å²) < 4.78 is 1.25. The molecule has 68 valence electrons. The molecule has 13 heavy (non-hydrogen) atoms. The lowest BCUT2D eigenvalue weighted by atomic mass is 10.2. The summed E-state index contributed by atoms with van der Waals surface area (Å²) in [5, 5.41) is 10.6. The predicted octanol–water partition coefficient (Wildman–Crippen LogP) is 3.26. The van der Waals surface area contributed by atoms with E-state index < -0.39 is 0 Å². The molecule has 0 spiro atoms. The van der Waals surface area contributed by atoms with Gasteiger partial charge in [-0.3, -0.25) is 0 Å². The summed E-state index contributed by atoms with van der Waals surface area (Å²) in [4.78, 5) is 1.04. The van der Waals surface area contributed by atoms with Crippen molar-refractivity contribution in [2.45, 2.75) is 20.0 Å². The molecule has 1 nitrogen and oxygen atoms in total. The van der Waals surface area contributed by atoms with Crippen LogP contribution >= 0.6 is 11.3 Å². The van der Waals surface area contributed by atoms with Crippen molar-refractivity contribution >= 4 is 21.4 Å². The van der Waals surface area contributed by atoms with Gasteiger partial charge in [-0.1, -0.05) is 17.7 Å². The van der Waals surface area contributed by atoms with E-state index in [0.717, 1.165) is 4.88 Å². The van der Waals surface area contributed by atoms with Crippen LogP contribution in [0.15, 0.2) is 24.3 Å². The van der Waals surface area contributed by atoms with Crippen LogP contribution in [0.4, 0.5) is 0 Å². The molecule has 0 aliphatic heterocycles. The van der Waals surface area contributed by atoms with E-state index in [0.29, 0.717) is 0 Å². The van der Waals surface area contributed by atoms with Gasteiger partial charge in [0.15, 0.2) is 0 Å². The van der Waals surface area contributed by atoms with E-state index >= 15 is 0 Å². The van der Waals surface area contributed by atoms with E-state index in [4.69, 9.17) is 0 Å². The van der Waals surface area contributed by atoms with E-state index in [9.17, 15) is 5.11 Å². The fourth-order valence-corrected chi connectivity index (χ4v) is 2.37. The number of hydrogen-bond acceptors (Lipinski definition) is 2.